The number of rotatable bonds is 3. The van der Waals surface area contributed by atoms with Crippen molar-refractivity contribution < 1.29 is 4.79 Å². The van der Waals surface area contributed by atoms with Gasteiger partial charge < -0.3 is 0 Å². The Bertz CT molecular complexity index is 782. The van der Waals surface area contributed by atoms with Crippen molar-refractivity contribution in [3.63, 3.8) is 0 Å². The average Bonchev–Trinajstić information content (AvgIpc) is 3.08. The van der Waals surface area contributed by atoms with Crippen molar-refractivity contribution in [2.45, 2.75) is 6.92 Å². The monoisotopic (exact) mass is 336 g/mol. The van der Waals surface area contributed by atoms with Crippen LogP contribution in [0.1, 0.15) is 16.2 Å². The molecule has 3 rings (SSSR count). The van der Waals surface area contributed by atoms with Gasteiger partial charge in [-0.1, -0.05) is 11.6 Å². The number of nitrogens with one attached hydrogen (secondary N) is 1. The highest BCUT2D eigenvalue weighted by Crippen LogP contribution is 2.32. The van der Waals surface area contributed by atoms with Crippen molar-refractivity contribution >= 4 is 45.3 Å². The van der Waals surface area contributed by atoms with Gasteiger partial charge >= 0.3 is 0 Å². The van der Waals surface area contributed by atoms with Gasteiger partial charge in [0.2, 0.25) is 0 Å². The second-order valence-corrected chi connectivity index (χ2v) is 6.71. The van der Waals surface area contributed by atoms with E-state index in [1.54, 1.807) is 6.20 Å². The Morgan fingerprint density at radius 3 is 2.81 bits per heavy atom. The van der Waals surface area contributed by atoms with E-state index in [1.165, 1.54) is 28.9 Å². The van der Waals surface area contributed by atoms with Gasteiger partial charge in [-0.15, -0.1) is 22.7 Å². The Morgan fingerprint density at radius 1 is 1.29 bits per heavy atom. The molecule has 0 atom stereocenters. The highest BCUT2D eigenvalue weighted by atomic mass is 35.5. The van der Waals surface area contributed by atoms with Crippen LogP contribution in [-0.4, -0.2) is 20.9 Å². The Morgan fingerprint density at radius 2 is 2.14 bits per heavy atom. The van der Waals surface area contributed by atoms with Crippen LogP contribution in [0.4, 0.5) is 5.13 Å². The molecule has 0 spiro atoms. The lowest BCUT2D eigenvalue weighted by Crippen LogP contribution is -2.13. The zero-order chi connectivity index (χ0) is 14.8. The maximum absolute atomic E-state index is 12.0. The third kappa shape index (κ3) is 3.26. The molecule has 0 saturated heterocycles. The maximum atomic E-state index is 12.0. The molecule has 0 aliphatic rings. The first-order valence-electron chi connectivity index (χ1n) is 5.93. The number of anilines is 1. The van der Waals surface area contributed by atoms with Crippen LogP contribution < -0.4 is 5.32 Å². The molecule has 8 heteroatoms. The first-order valence-corrected chi connectivity index (χ1v) is 8.00. The van der Waals surface area contributed by atoms with Gasteiger partial charge in [0.05, 0.1) is 26.8 Å². The molecule has 3 heterocycles. The van der Waals surface area contributed by atoms with Crippen molar-refractivity contribution in [2.24, 2.45) is 0 Å². The van der Waals surface area contributed by atoms with Crippen LogP contribution >= 0.6 is 34.3 Å². The van der Waals surface area contributed by atoms with Crippen LogP contribution in [0.5, 0.6) is 0 Å². The summed E-state index contributed by atoms with van der Waals surface area (Å²) in [7, 11) is 0. The summed E-state index contributed by atoms with van der Waals surface area (Å²) in [4.78, 5) is 25.4. The maximum Gasteiger partial charge on any atom is 0.277 e. The zero-order valence-electron chi connectivity index (χ0n) is 10.8. The molecule has 21 heavy (non-hydrogen) atoms. The Balaban J connectivity index is 1.75. The second-order valence-electron chi connectivity index (χ2n) is 4.14. The predicted molar refractivity (Wildman–Crippen MR) is 85.2 cm³/mol. The molecule has 0 bridgehead atoms. The van der Waals surface area contributed by atoms with Crippen LogP contribution in [0.25, 0.3) is 10.6 Å². The minimum atomic E-state index is -0.326. The molecule has 0 aliphatic heterocycles. The molecule has 1 N–H and O–H groups in total. The number of thiophene rings is 1. The normalized spacial score (nSPS) is 10.6. The van der Waals surface area contributed by atoms with Crippen molar-refractivity contribution in [1.82, 2.24) is 15.0 Å². The smallest absolute Gasteiger partial charge is 0.277 e. The minimum absolute atomic E-state index is 0.261. The molecule has 0 saturated carbocycles. The molecule has 0 aromatic carbocycles. The molecule has 1 amide bonds. The minimum Gasteiger partial charge on any atom is -0.296 e. The first-order chi connectivity index (χ1) is 10.1. The van der Waals surface area contributed by atoms with Gasteiger partial charge in [-0.2, -0.15) is 0 Å². The fourth-order valence-corrected chi connectivity index (χ4v) is 3.35. The fraction of sp³-hybridized carbons (Fsp3) is 0.0769. The van der Waals surface area contributed by atoms with E-state index in [4.69, 9.17) is 11.6 Å². The summed E-state index contributed by atoms with van der Waals surface area (Å²) < 4.78 is 0.707. The van der Waals surface area contributed by atoms with E-state index in [0.717, 1.165) is 16.3 Å². The summed E-state index contributed by atoms with van der Waals surface area (Å²) in [6.45, 7) is 1.81. The van der Waals surface area contributed by atoms with Crippen molar-refractivity contribution in [3.8, 4) is 10.6 Å². The molecular weight excluding hydrogens is 328 g/mol. The SMILES string of the molecule is Cc1cnc(C(=O)Nc2nc(-c3ccc(Cl)s3)cs2)cn1. The van der Waals surface area contributed by atoms with E-state index in [1.807, 2.05) is 24.4 Å². The van der Waals surface area contributed by atoms with E-state index in [9.17, 15) is 4.79 Å². The lowest BCUT2D eigenvalue weighted by Gasteiger charge is -2.00. The van der Waals surface area contributed by atoms with E-state index in [0.29, 0.717) is 9.47 Å². The second kappa shape index (κ2) is 5.88. The van der Waals surface area contributed by atoms with Crippen LogP contribution in [0.3, 0.4) is 0 Å². The molecule has 0 radical (unpaired) electrons. The summed E-state index contributed by atoms with van der Waals surface area (Å²) in [6.07, 6.45) is 2.99. The average molecular weight is 337 g/mol. The number of thiazole rings is 1. The number of aryl methyl sites for hydroxylation is 1. The van der Waals surface area contributed by atoms with E-state index in [-0.39, 0.29) is 11.6 Å². The molecule has 3 aromatic heterocycles. The lowest BCUT2D eigenvalue weighted by atomic mass is 10.4. The third-order valence-electron chi connectivity index (χ3n) is 2.56. The topological polar surface area (TPSA) is 67.8 Å². The van der Waals surface area contributed by atoms with Crippen molar-refractivity contribution in [2.75, 3.05) is 5.32 Å². The lowest BCUT2D eigenvalue weighted by molar-refractivity contribution is 0.102. The predicted octanol–water partition coefficient (Wildman–Crippen LogP) is 3.88. The molecule has 0 unspecified atom stereocenters. The van der Waals surface area contributed by atoms with Crippen molar-refractivity contribution in [1.29, 1.82) is 0 Å². The van der Waals surface area contributed by atoms with Crippen molar-refractivity contribution in [3.05, 3.63) is 45.6 Å². The third-order valence-corrected chi connectivity index (χ3v) is 4.58. The quantitative estimate of drug-likeness (QED) is 0.788. The van der Waals surface area contributed by atoms with Gasteiger partial charge in [0, 0.05) is 11.6 Å². The van der Waals surface area contributed by atoms with Gasteiger partial charge in [0.15, 0.2) is 5.13 Å². The Labute approximate surface area is 133 Å². The number of hydrogen-bond acceptors (Lipinski definition) is 6. The number of nitrogens with zero attached hydrogens (tertiary/aromatic N) is 3. The van der Waals surface area contributed by atoms with Crippen LogP contribution in [0.2, 0.25) is 4.34 Å². The molecule has 5 nitrogen and oxygen atoms in total. The number of carbonyl (C=O) groups is 1. The van der Waals surface area contributed by atoms with E-state index >= 15 is 0 Å². The Kier molecular flexibility index (Phi) is 3.96. The van der Waals surface area contributed by atoms with Gasteiger partial charge in [-0.25, -0.2) is 9.97 Å². The number of hydrogen-bond donors (Lipinski definition) is 1. The highest BCUT2D eigenvalue weighted by Gasteiger charge is 2.12. The first kappa shape index (κ1) is 14.1. The largest absolute Gasteiger partial charge is 0.296 e. The molecule has 106 valence electrons. The zero-order valence-corrected chi connectivity index (χ0v) is 13.2. The molecule has 3 aromatic rings. The summed E-state index contributed by atoms with van der Waals surface area (Å²) in [5.74, 6) is -0.326. The summed E-state index contributed by atoms with van der Waals surface area (Å²) >= 11 is 8.70. The summed E-state index contributed by atoms with van der Waals surface area (Å²) in [6, 6.07) is 3.72. The van der Waals surface area contributed by atoms with Crippen LogP contribution in [0, 0.1) is 6.92 Å². The number of halogens is 1. The van der Waals surface area contributed by atoms with Gasteiger partial charge in [0.25, 0.3) is 5.91 Å². The summed E-state index contributed by atoms with van der Waals surface area (Å²) in [5.41, 5.74) is 1.82. The molecule has 0 aliphatic carbocycles. The fourth-order valence-electron chi connectivity index (χ4n) is 1.57. The van der Waals surface area contributed by atoms with Gasteiger partial charge in [0.1, 0.15) is 5.69 Å². The van der Waals surface area contributed by atoms with Crippen LogP contribution in [-0.2, 0) is 0 Å². The summed E-state index contributed by atoms with van der Waals surface area (Å²) in [5, 5.41) is 5.10. The highest BCUT2D eigenvalue weighted by molar-refractivity contribution is 7.20. The standard InChI is InChI=1S/C13H9ClN4OS2/c1-7-4-16-8(5-15-7)12(19)18-13-17-9(6-20-13)10-2-3-11(14)21-10/h2-6H,1H3,(H,17,18,19). The van der Waals surface area contributed by atoms with Crippen LogP contribution in [0.15, 0.2) is 29.9 Å². The van der Waals surface area contributed by atoms with Gasteiger partial charge in [-0.3, -0.25) is 15.1 Å². The van der Waals surface area contributed by atoms with Gasteiger partial charge in [-0.05, 0) is 19.1 Å². The number of amides is 1. The Hall–Kier alpha value is -1.83. The molecule has 0 fully saturated rings. The number of carbonyl (C=O) groups excluding carboxylic acids is 1. The van der Waals surface area contributed by atoms with E-state index < -0.39 is 0 Å². The molecular formula is C13H9ClN4OS2. The number of aromatic nitrogens is 3. The van der Waals surface area contributed by atoms with E-state index in [2.05, 4.69) is 20.3 Å².